The van der Waals surface area contributed by atoms with Gasteiger partial charge in [0.05, 0.1) is 5.39 Å². The molecule has 0 bridgehead atoms. The Morgan fingerprint density at radius 3 is 2.50 bits per heavy atom. The lowest BCUT2D eigenvalue weighted by molar-refractivity contribution is 0.298. The highest BCUT2D eigenvalue weighted by molar-refractivity contribution is 6.32. The first kappa shape index (κ1) is 18.3. The maximum Gasteiger partial charge on any atom is 0.235 e. The molecule has 0 N–H and O–H groups in total. The van der Waals surface area contributed by atoms with E-state index in [9.17, 15) is 4.79 Å². The minimum Gasteiger partial charge on any atom is -0.481 e. The lowest BCUT2D eigenvalue weighted by Gasteiger charge is -2.13. The van der Waals surface area contributed by atoms with E-state index < -0.39 is 0 Å². The molecule has 0 saturated heterocycles. The van der Waals surface area contributed by atoms with Crippen molar-refractivity contribution < 1.29 is 9.15 Å². The van der Waals surface area contributed by atoms with Gasteiger partial charge in [-0.05, 0) is 37.1 Å². The minimum atomic E-state index is -0.227. The molecule has 0 aliphatic carbocycles. The van der Waals surface area contributed by atoms with E-state index in [-0.39, 0.29) is 17.8 Å². The van der Waals surface area contributed by atoms with Crippen molar-refractivity contribution in [3.05, 3.63) is 98.7 Å². The van der Waals surface area contributed by atoms with Gasteiger partial charge in [-0.15, -0.1) is 0 Å². The highest BCUT2D eigenvalue weighted by Crippen LogP contribution is 2.33. The molecule has 0 amide bonds. The third kappa shape index (κ3) is 3.54. The Morgan fingerprint density at radius 1 is 0.964 bits per heavy atom. The van der Waals surface area contributed by atoms with Crippen LogP contribution in [-0.4, -0.2) is 0 Å². The Kier molecular flexibility index (Phi) is 4.93. The summed E-state index contributed by atoms with van der Waals surface area (Å²) in [6.07, 6.45) is 0. The third-order valence-electron chi connectivity index (χ3n) is 4.63. The summed E-state index contributed by atoms with van der Waals surface area (Å²) < 4.78 is 12.1. The van der Waals surface area contributed by atoms with Gasteiger partial charge in [0.25, 0.3) is 0 Å². The van der Waals surface area contributed by atoms with Crippen LogP contribution in [-0.2, 0) is 6.61 Å². The Hall–Kier alpha value is -3.04. The number of aryl methyl sites for hydroxylation is 2. The van der Waals surface area contributed by atoms with Gasteiger partial charge >= 0.3 is 0 Å². The minimum absolute atomic E-state index is 0.195. The van der Waals surface area contributed by atoms with Gasteiger partial charge in [-0.2, -0.15) is 0 Å². The summed E-state index contributed by atoms with van der Waals surface area (Å²) in [5.41, 5.74) is 4.03. The number of benzene rings is 3. The molecular weight excluding hydrogens is 372 g/mol. The van der Waals surface area contributed by atoms with Gasteiger partial charge in [0, 0.05) is 10.6 Å². The van der Waals surface area contributed by atoms with Crippen LogP contribution < -0.4 is 10.2 Å². The normalized spacial score (nSPS) is 11.0. The maximum atomic E-state index is 13.2. The topological polar surface area (TPSA) is 39.4 Å². The monoisotopic (exact) mass is 390 g/mol. The lowest BCUT2D eigenvalue weighted by atomic mass is 10.1. The molecule has 0 spiro atoms. The molecule has 0 atom stereocenters. The number of rotatable bonds is 4. The number of halogens is 1. The molecule has 1 aromatic heterocycles. The summed E-state index contributed by atoms with van der Waals surface area (Å²) in [7, 11) is 0. The summed E-state index contributed by atoms with van der Waals surface area (Å²) in [5.74, 6) is 0.618. The maximum absolute atomic E-state index is 13.2. The molecule has 0 aliphatic rings. The van der Waals surface area contributed by atoms with Crippen molar-refractivity contribution >= 4 is 22.6 Å². The van der Waals surface area contributed by atoms with Gasteiger partial charge in [0.1, 0.15) is 12.2 Å². The van der Waals surface area contributed by atoms with Gasteiger partial charge in [-0.3, -0.25) is 4.79 Å². The zero-order valence-electron chi connectivity index (χ0n) is 15.7. The fraction of sp³-hybridized carbons (Fsp3) is 0.125. The first-order valence-electron chi connectivity index (χ1n) is 9.03. The summed E-state index contributed by atoms with van der Waals surface area (Å²) >= 11 is 6.24. The number of ether oxygens (including phenoxy) is 1. The summed E-state index contributed by atoms with van der Waals surface area (Å²) in [4.78, 5) is 13.2. The average molecular weight is 391 g/mol. The molecule has 3 nitrogen and oxygen atoms in total. The molecule has 28 heavy (non-hydrogen) atoms. The second kappa shape index (κ2) is 7.53. The van der Waals surface area contributed by atoms with Gasteiger partial charge in [0.15, 0.2) is 5.76 Å². The number of hydrogen-bond donors (Lipinski definition) is 0. The van der Waals surface area contributed by atoms with Gasteiger partial charge in [-0.25, -0.2) is 0 Å². The standard InChI is InChI=1S/C24H19ClO3/c1-15-7-6-8-17(11-15)14-27-24-22(26)19-13-20(25)16(2)12-21(19)28-23(24)18-9-4-3-5-10-18/h3-13H,14H2,1-2H3. The second-order valence-corrected chi connectivity index (χ2v) is 7.24. The zero-order valence-corrected chi connectivity index (χ0v) is 16.4. The van der Waals surface area contributed by atoms with Gasteiger partial charge in [0.2, 0.25) is 11.2 Å². The van der Waals surface area contributed by atoms with E-state index in [0.717, 1.165) is 22.3 Å². The highest BCUT2D eigenvalue weighted by Gasteiger charge is 2.18. The predicted molar refractivity (Wildman–Crippen MR) is 113 cm³/mol. The van der Waals surface area contributed by atoms with Crippen molar-refractivity contribution in [3.8, 4) is 17.1 Å². The molecule has 0 unspecified atom stereocenters. The molecule has 140 valence electrons. The van der Waals surface area contributed by atoms with Crippen LogP contribution in [0.4, 0.5) is 0 Å². The quantitative estimate of drug-likeness (QED) is 0.410. The molecule has 0 aliphatic heterocycles. The van der Waals surface area contributed by atoms with Crippen LogP contribution in [0.25, 0.3) is 22.3 Å². The third-order valence-corrected chi connectivity index (χ3v) is 5.04. The molecule has 4 aromatic rings. The highest BCUT2D eigenvalue weighted by atomic mass is 35.5. The second-order valence-electron chi connectivity index (χ2n) is 6.83. The van der Waals surface area contributed by atoms with Gasteiger partial charge < -0.3 is 9.15 Å². The smallest absolute Gasteiger partial charge is 0.235 e. The van der Waals surface area contributed by atoms with Crippen molar-refractivity contribution in [2.45, 2.75) is 20.5 Å². The number of hydrogen-bond acceptors (Lipinski definition) is 3. The fourth-order valence-corrected chi connectivity index (χ4v) is 3.33. The molecule has 4 heteroatoms. The average Bonchev–Trinajstić information content (AvgIpc) is 2.69. The van der Waals surface area contributed by atoms with E-state index >= 15 is 0 Å². The van der Waals surface area contributed by atoms with Crippen molar-refractivity contribution in [2.75, 3.05) is 0 Å². The molecule has 1 heterocycles. The van der Waals surface area contributed by atoms with Gasteiger partial charge in [-0.1, -0.05) is 71.8 Å². The molecule has 0 radical (unpaired) electrons. The van der Waals surface area contributed by atoms with Crippen molar-refractivity contribution in [1.29, 1.82) is 0 Å². The van der Waals surface area contributed by atoms with Crippen LogP contribution in [0.2, 0.25) is 5.02 Å². The number of fused-ring (bicyclic) bond motifs is 1. The Labute approximate surface area is 168 Å². The predicted octanol–water partition coefficient (Wildman–Crippen LogP) is 6.31. The largest absolute Gasteiger partial charge is 0.481 e. The molecule has 3 aromatic carbocycles. The van der Waals surface area contributed by atoms with Crippen molar-refractivity contribution in [1.82, 2.24) is 0 Å². The zero-order chi connectivity index (χ0) is 19.7. The summed E-state index contributed by atoms with van der Waals surface area (Å²) in [6, 6.07) is 20.9. The molecule has 4 rings (SSSR count). The van der Waals surface area contributed by atoms with Crippen molar-refractivity contribution in [2.24, 2.45) is 0 Å². The first-order valence-corrected chi connectivity index (χ1v) is 9.41. The van der Waals surface area contributed by atoms with Crippen LogP contribution >= 0.6 is 11.6 Å². The lowest BCUT2D eigenvalue weighted by Crippen LogP contribution is -2.10. The Bertz CT molecular complexity index is 1210. The summed E-state index contributed by atoms with van der Waals surface area (Å²) in [6.45, 7) is 4.18. The van der Waals surface area contributed by atoms with Crippen LogP contribution in [0.15, 0.2) is 75.9 Å². The fourth-order valence-electron chi connectivity index (χ4n) is 3.17. The van der Waals surface area contributed by atoms with E-state index in [1.54, 1.807) is 12.1 Å². The Balaban J connectivity index is 1.87. The van der Waals surface area contributed by atoms with E-state index in [4.69, 9.17) is 20.8 Å². The van der Waals surface area contributed by atoms with E-state index in [2.05, 4.69) is 0 Å². The Morgan fingerprint density at radius 2 is 1.75 bits per heavy atom. The molecular formula is C24H19ClO3. The van der Waals surface area contributed by atoms with Crippen LogP contribution in [0.3, 0.4) is 0 Å². The van der Waals surface area contributed by atoms with E-state index in [1.165, 1.54) is 0 Å². The first-order chi connectivity index (χ1) is 13.5. The van der Waals surface area contributed by atoms with Crippen LogP contribution in [0.1, 0.15) is 16.7 Å². The van der Waals surface area contributed by atoms with Crippen LogP contribution in [0, 0.1) is 13.8 Å². The van der Waals surface area contributed by atoms with E-state index in [1.807, 2.05) is 68.4 Å². The molecule has 0 fully saturated rings. The summed E-state index contributed by atoms with van der Waals surface area (Å²) in [5, 5.41) is 0.936. The van der Waals surface area contributed by atoms with E-state index in [0.29, 0.717) is 21.8 Å². The van der Waals surface area contributed by atoms with Crippen molar-refractivity contribution in [3.63, 3.8) is 0 Å². The van der Waals surface area contributed by atoms with Crippen LogP contribution in [0.5, 0.6) is 5.75 Å². The SMILES string of the molecule is Cc1cccc(COc2c(-c3ccccc3)oc3cc(C)c(Cl)cc3c2=O)c1. The molecule has 0 saturated carbocycles.